The Morgan fingerprint density at radius 2 is 2.08 bits per heavy atom. The highest BCUT2D eigenvalue weighted by atomic mass is 35.5. The van der Waals surface area contributed by atoms with E-state index in [1.165, 1.54) is 5.56 Å². The van der Waals surface area contributed by atoms with E-state index in [0.29, 0.717) is 25.4 Å². The van der Waals surface area contributed by atoms with Crippen molar-refractivity contribution in [3.05, 3.63) is 34.9 Å². The quantitative estimate of drug-likeness (QED) is 0.876. The molecule has 1 aliphatic heterocycles. The molecule has 6 heteroatoms. The van der Waals surface area contributed by atoms with Crippen molar-refractivity contribution in [2.24, 2.45) is 5.92 Å². The number of hydrogen-bond donors (Lipinski definition) is 2. The highest BCUT2D eigenvalue weighted by molar-refractivity contribution is 6.30. The Bertz CT molecular complexity index is 622. The third-order valence-corrected chi connectivity index (χ3v) is 5.38. The summed E-state index contributed by atoms with van der Waals surface area (Å²) < 4.78 is 0. The van der Waals surface area contributed by atoms with Crippen LogP contribution in [0.4, 0.5) is 4.79 Å². The van der Waals surface area contributed by atoms with Gasteiger partial charge in [0.1, 0.15) is 0 Å². The maximum atomic E-state index is 12.4. The Hall–Kier alpha value is -1.75. The number of carbonyl (C=O) groups is 2. The van der Waals surface area contributed by atoms with E-state index in [2.05, 4.69) is 11.4 Å². The van der Waals surface area contributed by atoms with Gasteiger partial charge in [0.25, 0.3) is 0 Å². The molecule has 3 unspecified atom stereocenters. The zero-order valence-electron chi connectivity index (χ0n) is 13.6. The molecule has 3 atom stereocenters. The third kappa shape index (κ3) is 4.01. The molecule has 2 N–H and O–H groups in total. The van der Waals surface area contributed by atoms with Crippen LogP contribution in [0.25, 0.3) is 0 Å². The van der Waals surface area contributed by atoms with Crippen LogP contribution in [0.5, 0.6) is 0 Å². The standard InChI is InChI=1S/C18H23ClN2O3/c19-15-5-1-3-12(9-15)13-4-2-6-16(10-13)20-18(24)21-8-7-14(11-21)17(22)23/h1,3,5,9,13-14,16H,2,4,6-8,10-11H2,(H,20,24)(H,22,23). The summed E-state index contributed by atoms with van der Waals surface area (Å²) in [6, 6.07) is 7.96. The molecule has 1 aromatic rings. The average molecular weight is 351 g/mol. The number of nitrogens with zero attached hydrogens (tertiary/aromatic N) is 1. The lowest BCUT2D eigenvalue weighted by molar-refractivity contribution is -0.141. The number of halogens is 1. The fourth-order valence-corrected chi connectivity index (χ4v) is 4.00. The van der Waals surface area contributed by atoms with Crippen molar-refractivity contribution in [3.8, 4) is 0 Å². The summed E-state index contributed by atoms with van der Waals surface area (Å²) in [4.78, 5) is 25.0. The molecule has 0 spiro atoms. The molecule has 2 fully saturated rings. The van der Waals surface area contributed by atoms with Gasteiger partial charge in [-0.2, -0.15) is 0 Å². The van der Waals surface area contributed by atoms with Crippen LogP contribution in [-0.2, 0) is 4.79 Å². The van der Waals surface area contributed by atoms with Gasteiger partial charge in [0.2, 0.25) is 0 Å². The minimum Gasteiger partial charge on any atom is -0.481 e. The summed E-state index contributed by atoms with van der Waals surface area (Å²) in [6.07, 6.45) is 4.59. The van der Waals surface area contributed by atoms with Crippen LogP contribution in [0.2, 0.25) is 5.02 Å². The van der Waals surface area contributed by atoms with Crippen LogP contribution in [0.15, 0.2) is 24.3 Å². The summed E-state index contributed by atoms with van der Waals surface area (Å²) >= 11 is 6.09. The molecule has 1 saturated carbocycles. The van der Waals surface area contributed by atoms with Gasteiger partial charge in [-0.3, -0.25) is 4.79 Å². The molecule has 3 rings (SSSR count). The van der Waals surface area contributed by atoms with E-state index in [1.807, 2.05) is 18.2 Å². The van der Waals surface area contributed by atoms with Crippen molar-refractivity contribution in [2.45, 2.75) is 44.1 Å². The fraction of sp³-hybridized carbons (Fsp3) is 0.556. The number of carboxylic acids is 1. The van der Waals surface area contributed by atoms with Gasteiger partial charge in [-0.25, -0.2) is 4.79 Å². The number of benzene rings is 1. The second-order valence-electron chi connectivity index (χ2n) is 6.83. The SMILES string of the molecule is O=C(O)C1CCN(C(=O)NC2CCCC(c3cccc(Cl)c3)C2)C1. The van der Waals surface area contributed by atoms with E-state index in [9.17, 15) is 9.59 Å². The molecule has 0 bridgehead atoms. The third-order valence-electron chi connectivity index (χ3n) is 5.15. The van der Waals surface area contributed by atoms with Gasteiger partial charge in [-0.15, -0.1) is 0 Å². The average Bonchev–Trinajstić information content (AvgIpc) is 3.05. The summed E-state index contributed by atoms with van der Waals surface area (Å²) in [5.74, 6) is -0.835. The second kappa shape index (κ2) is 7.43. The monoisotopic (exact) mass is 350 g/mol. The maximum Gasteiger partial charge on any atom is 0.317 e. The van der Waals surface area contributed by atoms with Gasteiger partial charge in [0, 0.05) is 24.2 Å². The molecule has 5 nitrogen and oxygen atoms in total. The lowest BCUT2D eigenvalue weighted by atomic mass is 9.81. The normalized spacial score (nSPS) is 27.0. The van der Waals surface area contributed by atoms with Crippen LogP contribution in [0.1, 0.15) is 43.6 Å². The number of rotatable bonds is 3. The first-order valence-corrected chi connectivity index (χ1v) is 8.94. The van der Waals surface area contributed by atoms with Crippen LogP contribution in [0.3, 0.4) is 0 Å². The largest absolute Gasteiger partial charge is 0.481 e. The zero-order chi connectivity index (χ0) is 17.1. The van der Waals surface area contributed by atoms with E-state index < -0.39 is 11.9 Å². The predicted molar refractivity (Wildman–Crippen MR) is 92.3 cm³/mol. The summed E-state index contributed by atoms with van der Waals surface area (Å²) in [7, 11) is 0. The van der Waals surface area contributed by atoms with E-state index in [1.54, 1.807) is 4.90 Å². The minimum atomic E-state index is -0.816. The number of aliphatic carboxylic acids is 1. The lowest BCUT2D eigenvalue weighted by Crippen LogP contribution is -2.45. The molecular weight excluding hydrogens is 328 g/mol. The van der Waals surface area contributed by atoms with Gasteiger partial charge < -0.3 is 15.3 Å². The van der Waals surface area contributed by atoms with E-state index >= 15 is 0 Å². The van der Waals surface area contributed by atoms with Gasteiger partial charge in [-0.05, 0) is 49.3 Å². The number of carbonyl (C=O) groups excluding carboxylic acids is 1. The van der Waals surface area contributed by atoms with Gasteiger partial charge >= 0.3 is 12.0 Å². The topological polar surface area (TPSA) is 69.6 Å². The first kappa shape index (κ1) is 17.1. The number of carboxylic acid groups (broad SMARTS) is 1. The molecule has 24 heavy (non-hydrogen) atoms. The number of urea groups is 1. The summed E-state index contributed by atoms with van der Waals surface area (Å²) in [6.45, 7) is 0.832. The molecule has 1 saturated heterocycles. The summed E-state index contributed by atoms with van der Waals surface area (Å²) in [5, 5.41) is 12.9. The van der Waals surface area contributed by atoms with Crippen molar-refractivity contribution < 1.29 is 14.7 Å². The van der Waals surface area contributed by atoms with Crippen LogP contribution in [-0.4, -0.2) is 41.1 Å². The van der Waals surface area contributed by atoms with E-state index in [4.69, 9.17) is 16.7 Å². The molecular formula is C18H23ClN2O3. The molecule has 0 aromatic heterocycles. The Kier molecular flexibility index (Phi) is 5.29. The zero-order valence-corrected chi connectivity index (χ0v) is 14.3. The van der Waals surface area contributed by atoms with Gasteiger partial charge in [0.15, 0.2) is 0 Å². The smallest absolute Gasteiger partial charge is 0.317 e. The van der Waals surface area contributed by atoms with E-state index in [0.717, 1.165) is 30.7 Å². The number of nitrogens with one attached hydrogen (secondary N) is 1. The van der Waals surface area contributed by atoms with Crippen LogP contribution < -0.4 is 5.32 Å². The Morgan fingerprint density at radius 1 is 1.25 bits per heavy atom. The van der Waals surface area contributed by atoms with Gasteiger partial charge in [0.05, 0.1) is 5.92 Å². The molecule has 2 amide bonds. The molecule has 1 heterocycles. The minimum absolute atomic E-state index is 0.129. The van der Waals surface area contributed by atoms with Gasteiger partial charge in [-0.1, -0.05) is 30.2 Å². The molecule has 1 aromatic carbocycles. The second-order valence-corrected chi connectivity index (χ2v) is 7.27. The Labute approximate surface area is 147 Å². The number of amides is 2. The van der Waals surface area contributed by atoms with Crippen molar-refractivity contribution in [1.29, 1.82) is 0 Å². The Balaban J connectivity index is 1.56. The lowest BCUT2D eigenvalue weighted by Gasteiger charge is -2.31. The van der Waals surface area contributed by atoms with Crippen molar-refractivity contribution in [2.75, 3.05) is 13.1 Å². The van der Waals surface area contributed by atoms with E-state index in [-0.39, 0.29) is 12.1 Å². The first-order chi connectivity index (χ1) is 11.5. The summed E-state index contributed by atoms with van der Waals surface area (Å²) in [5.41, 5.74) is 1.23. The maximum absolute atomic E-state index is 12.4. The first-order valence-electron chi connectivity index (χ1n) is 8.56. The van der Waals surface area contributed by atoms with Crippen LogP contribution in [0, 0.1) is 5.92 Å². The highest BCUT2D eigenvalue weighted by Gasteiger charge is 2.32. The number of likely N-dealkylation sites (tertiary alicyclic amines) is 1. The predicted octanol–water partition coefficient (Wildman–Crippen LogP) is 3.48. The molecule has 1 aliphatic carbocycles. The molecule has 0 radical (unpaired) electrons. The van der Waals surface area contributed by atoms with Crippen molar-refractivity contribution in [1.82, 2.24) is 10.2 Å². The highest BCUT2D eigenvalue weighted by Crippen LogP contribution is 2.34. The molecule has 130 valence electrons. The molecule has 2 aliphatic rings. The number of hydrogen-bond acceptors (Lipinski definition) is 2. The van der Waals surface area contributed by atoms with Crippen molar-refractivity contribution in [3.63, 3.8) is 0 Å². The van der Waals surface area contributed by atoms with Crippen molar-refractivity contribution >= 4 is 23.6 Å². The fourth-order valence-electron chi connectivity index (χ4n) is 3.80. The van der Waals surface area contributed by atoms with Crippen LogP contribution >= 0.6 is 11.6 Å². The Morgan fingerprint density at radius 3 is 2.79 bits per heavy atom.